The minimum absolute atomic E-state index is 0.402. The van der Waals surface area contributed by atoms with Gasteiger partial charge in [0.1, 0.15) is 0 Å². The first-order chi connectivity index (χ1) is 7.08. The summed E-state index contributed by atoms with van der Waals surface area (Å²) in [6, 6.07) is 1.13. The van der Waals surface area contributed by atoms with E-state index in [1.165, 1.54) is 36.6 Å². The van der Waals surface area contributed by atoms with Gasteiger partial charge in [0.15, 0.2) is 5.17 Å². The molecule has 1 saturated carbocycles. The lowest BCUT2D eigenvalue weighted by Gasteiger charge is -2.36. The van der Waals surface area contributed by atoms with Gasteiger partial charge in [0, 0.05) is 11.8 Å². The van der Waals surface area contributed by atoms with Crippen LogP contribution in [0.4, 0.5) is 0 Å². The minimum Gasteiger partial charge on any atom is -0.362 e. The van der Waals surface area contributed by atoms with Crippen LogP contribution in [-0.4, -0.2) is 23.0 Å². The molecule has 0 aromatic rings. The molecule has 1 aliphatic heterocycles. The average Bonchev–Trinajstić information content (AvgIpc) is 2.55. The van der Waals surface area contributed by atoms with E-state index in [9.17, 15) is 0 Å². The molecule has 0 bridgehead atoms. The Morgan fingerprint density at radius 1 is 1.40 bits per heavy atom. The third-order valence-electron chi connectivity index (χ3n) is 3.56. The van der Waals surface area contributed by atoms with Gasteiger partial charge in [0.05, 0.1) is 6.04 Å². The van der Waals surface area contributed by atoms with Crippen LogP contribution >= 0.6 is 11.8 Å². The Labute approximate surface area is 97.3 Å². The van der Waals surface area contributed by atoms with Crippen molar-refractivity contribution in [3.05, 3.63) is 0 Å². The zero-order chi connectivity index (χ0) is 10.9. The van der Waals surface area contributed by atoms with Gasteiger partial charge in [0.25, 0.3) is 0 Å². The summed E-state index contributed by atoms with van der Waals surface area (Å²) in [5, 5.41) is 4.63. The van der Waals surface area contributed by atoms with Crippen molar-refractivity contribution in [2.24, 2.45) is 10.4 Å². The van der Waals surface area contributed by atoms with Crippen LogP contribution in [-0.2, 0) is 0 Å². The molecule has 0 amide bonds. The normalized spacial score (nSPS) is 37.9. The van der Waals surface area contributed by atoms with Crippen LogP contribution < -0.4 is 5.32 Å². The first kappa shape index (κ1) is 11.3. The minimum atomic E-state index is 0.402. The SMILES string of the molecule is CC1CSC(=NC2CCCCC2(C)C)N1. The van der Waals surface area contributed by atoms with Crippen LogP contribution in [0.3, 0.4) is 0 Å². The molecule has 2 nitrogen and oxygen atoms in total. The summed E-state index contributed by atoms with van der Waals surface area (Å²) in [6.07, 6.45) is 5.33. The second kappa shape index (κ2) is 4.36. The quantitative estimate of drug-likeness (QED) is 0.743. The second-order valence-corrected chi connectivity index (χ2v) is 6.55. The van der Waals surface area contributed by atoms with Crippen molar-refractivity contribution in [2.45, 2.75) is 58.5 Å². The van der Waals surface area contributed by atoms with E-state index in [1.807, 2.05) is 11.8 Å². The highest BCUT2D eigenvalue weighted by Gasteiger charge is 2.32. The van der Waals surface area contributed by atoms with Crippen LogP contribution in [0.15, 0.2) is 4.99 Å². The Hall–Kier alpha value is -0.180. The summed E-state index contributed by atoms with van der Waals surface area (Å²) in [5.41, 5.74) is 0.402. The molecular weight excluding hydrogens is 204 g/mol. The molecule has 2 fully saturated rings. The summed E-state index contributed by atoms with van der Waals surface area (Å²) in [6.45, 7) is 6.95. The van der Waals surface area contributed by atoms with Crippen LogP contribution in [0.25, 0.3) is 0 Å². The molecule has 15 heavy (non-hydrogen) atoms. The van der Waals surface area contributed by atoms with Gasteiger partial charge in [-0.25, -0.2) is 0 Å². The number of hydrogen-bond donors (Lipinski definition) is 1. The molecule has 2 aliphatic rings. The van der Waals surface area contributed by atoms with E-state index in [0.717, 1.165) is 0 Å². The lowest BCUT2D eigenvalue weighted by molar-refractivity contribution is 0.204. The van der Waals surface area contributed by atoms with Crippen molar-refractivity contribution in [3.63, 3.8) is 0 Å². The van der Waals surface area contributed by atoms with E-state index in [1.54, 1.807) is 0 Å². The molecule has 1 N–H and O–H groups in total. The van der Waals surface area contributed by atoms with Crippen molar-refractivity contribution in [2.75, 3.05) is 5.75 Å². The highest BCUT2D eigenvalue weighted by atomic mass is 32.2. The van der Waals surface area contributed by atoms with Gasteiger partial charge in [-0.05, 0) is 25.2 Å². The number of rotatable bonds is 1. The van der Waals surface area contributed by atoms with Gasteiger partial charge in [-0.1, -0.05) is 38.5 Å². The highest BCUT2D eigenvalue weighted by Crippen LogP contribution is 2.38. The summed E-state index contributed by atoms with van der Waals surface area (Å²) < 4.78 is 0. The smallest absolute Gasteiger partial charge is 0.157 e. The number of thioether (sulfide) groups is 1. The van der Waals surface area contributed by atoms with Crippen LogP contribution in [0.5, 0.6) is 0 Å². The Bertz CT molecular complexity index is 260. The monoisotopic (exact) mass is 226 g/mol. The zero-order valence-corrected chi connectivity index (χ0v) is 10.9. The van der Waals surface area contributed by atoms with Gasteiger partial charge < -0.3 is 5.32 Å². The maximum absolute atomic E-state index is 4.91. The van der Waals surface area contributed by atoms with E-state index in [2.05, 4.69) is 26.1 Å². The molecule has 3 heteroatoms. The number of hydrogen-bond acceptors (Lipinski definition) is 2. The summed E-state index contributed by atoms with van der Waals surface area (Å²) >= 11 is 1.88. The Morgan fingerprint density at radius 2 is 2.20 bits per heavy atom. The summed E-state index contributed by atoms with van der Waals surface area (Å²) in [5.74, 6) is 1.17. The first-order valence-electron chi connectivity index (χ1n) is 6.05. The van der Waals surface area contributed by atoms with Crippen LogP contribution in [0.1, 0.15) is 46.5 Å². The molecule has 0 radical (unpaired) electrons. The molecule has 1 saturated heterocycles. The maximum Gasteiger partial charge on any atom is 0.157 e. The fourth-order valence-electron chi connectivity index (χ4n) is 2.43. The van der Waals surface area contributed by atoms with E-state index in [4.69, 9.17) is 4.99 Å². The van der Waals surface area contributed by atoms with Crippen molar-refractivity contribution >= 4 is 16.9 Å². The van der Waals surface area contributed by atoms with Gasteiger partial charge in [0.2, 0.25) is 0 Å². The largest absolute Gasteiger partial charge is 0.362 e. The Morgan fingerprint density at radius 3 is 2.80 bits per heavy atom. The lowest BCUT2D eigenvalue weighted by atomic mass is 9.73. The summed E-state index contributed by atoms with van der Waals surface area (Å²) in [4.78, 5) is 4.91. The molecule has 0 spiro atoms. The fourth-order valence-corrected chi connectivity index (χ4v) is 3.41. The maximum atomic E-state index is 4.91. The van der Waals surface area contributed by atoms with Crippen LogP contribution in [0, 0.1) is 5.41 Å². The number of amidine groups is 1. The summed E-state index contributed by atoms with van der Waals surface area (Å²) in [7, 11) is 0. The van der Waals surface area contributed by atoms with E-state index >= 15 is 0 Å². The number of aliphatic imine (C=N–C) groups is 1. The average molecular weight is 226 g/mol. The van der Waals surface area contributed by atoms with Crippen molar-refractivity contribution in [1.29, 1.82) is 0 Å². The van der Waals surface area contributed by atoms with Gasteiger partial charge in [-0.15, -0.1) is 0 Å². The van der Waals surface area contributed by atoms with Crippen molar-refractivity contribution in [3.8, 4) is 0 Å². The topological polar surface area (TPSA) is 24.4 Å². The van der Waals surface area contributed by atoms with Gasteiger partial charge in [-0.3, -0.25) is 4.99 Å². The second-order valence-electron chi connectivity index (χ2n) is 5.54. The molecular formula is C12H22N2S. The first-order valence-corrected chi connectivity index (χ1v) is 7.03. The van der Waals surface area contributed by atoms with E-state index in [-0.39, 0.29) is 0 Å². The Kier molecular flexibility index (Phi) is 3.29. The van der Waals surface area contributed by atoms with E-state index in [0.29, 0.717) is 17.5 Å². The van der Waals surface area contributed by atoms with Gasteiger partial charge in [-0.2, -0.15) is 0 Å². The third kappa shape index (κ3) is 2.68. The number of nitrogens with one attached hydrogen (secondary N) is 1. The standard InChI is InChI=1S/C12H22N2S/c1-9-8-15-11(13-9)14-10-6-4-5-7-12(10,2)3/h9-10H,4-8H2,1-3H3,(H,13,14). The zero-order valence-electron chi connectivity index (χ0n) is 10.0. The highest BCUT2D eigenvalue weighted by molar-refractivity contribution is 8.14. The molecule has 0 aromatic carbocycles. The lowest BCUT2D eigenvalue weighted by Crippen LogP contribution is -2.33. The van der Waals surface area contributed by atoms with Crippen LogP contribution in [0.2, 0.25) is 0 Å². The molecule has 0 aromatic heterocycles. The number of nitrogens with zero attached hydrogens (tertiary/aromatic N) is 1. The van der Waals surface area contributed by atoms with Crippen molar-refractivity contribution in [1.82, 2.24) is 5.32 Å². The Balaban J connectivity index is 2.03. The predicted molar refractivity (Wildman–Crippen MR) is 68.5 cm³/mol. The third-order valence-corrected chi connectivity index (χ3v) is 4.73. The molecule has 2 rings (SSSR count). The molecule has 1 aliphatic carbocycles. The van der Waals surface area contributed by atoms with Gasteiger partial charge >= 0.3 is 0 Å². The van der Waals surface area contributed by atoms with E-state index < -0.39 is 0 Å². The van der Waals surface area contributed by atoms with Crippen molar-refractivity contribution < 1.29 is 0 Å². The molecule has 2 atom stereocenters. The molecule has 86 valence electrons. The molecule has 1 heterocycles. The fraction of sp³-hybridized carbons (Fsp3) is 0.917. The predicted octanol–water partition coefficient (Wildman–Crippen LogP) is 3.04. The molecule has 2 unspecified atom stereocenters.